The van der Waals surface area contributed by atoms with Gasteiger partial charge in [-0.2, -0.15) is 0 Å². The molecule has 1 atom stereocenters. The molecule has 0 aliphatic heterocycles. The average molecular weight is 484 g/mol. The van der Waals surface area contributed by atoms with Crippen LogP contribution in [-0.4, -0.2) is 30.9 Å². The number of benzene rings is 2. The van der Waals surface area contributed by atoms with Gasteiger partial charge in [0.2, 0.25) is 5.91 Å². The molecule has 9 heteroatoms. The van der Waals surface area contributed by atoms with Crippen LogP contribution in [0.1, 0.15) is 12.5 Å². The smallest absolute Gasteiger partial charge is 0.237 e. The number of thioether (sulfide) groups is 1. The van der Waals surface area contributed by atoms with Crippen molar-refractivity contribution in [2.24, 2.45) is 0 Å². The van der Waals surface area contributed by atoms with Crippen LogP contribution in [0.5, 0.6) is 0 Å². The van der Waals surface area contributed by atoms with Gasteiger partial charge in [0.25, 0.3) is 0 Å². The molecule has 0 saturated heterocycles. The summed E-state index contributed by atoms with van der Waals surface area (Å²) in [4.78, 5) is 17.0. The minimum Gasteiger partial charge on any atom is -0.324 e. The molecular weight excluding hydrogens is 465 g/mol. The maximum Gasteiger partial charge on any atom is 0.237 e. The van der Waals surface area contributed by atoms with Crippen LogP contribution in [0.4, 0.5) is 5.69 Å². The predicted molar refractivity (Wildman–Crippen MR) is 129 cm³/mol. The Kier molecular flexibility index (Phi) is 7.09. The quantitative estimate of drug-likeness (QED) is 0.335. The highest BCUT2D eigenvalue weighted by Gasteiger charge is 2.22. The Balaban J connectivity index is 1.59. The summed E-state index contributed by atoms with van der Waals surface area (Å²) in [6.07, 6.45) is 3.46. The van der Waals surface area contributed by atoms with Crippen LogP contribution in [0, 0.1) is 0 Å². The van der Waals surface area contributed by atoms with Crippen LogP contribution in [0.15, 0.2) is 78.2 Å². The van der Waals surface area contributed by atoms with Gasteiger partial charge in [0, 0.05) is 23.0 Å². The van der Waals surface area contributed by atoms with E-state index in [9.17, 15) is 4.79 Å². The van der Waals surface area contributed by atoms with E-state index in [0.29, 0.717) is 33.3 Å². The molecule has 0 aliphatic rings. The molecule has 1 amide bonds. The Morgan fingerprint density at radius 3 is 2.66 bits per heavy atom. The van der Waals surface area contributed by atoms with Gasteiger partial charge in [-0.05, 0) is 42.8 Å². The lowest BCUT2D eigenvalue weighted by Gasteiger charge is -2.14. The van der Waals surface area contributed by atoms with Crippen molar-refractivity contribution in [1.29, 1.82) is 0 Å². The summed E-state index contributed by atoms with van der Waals surface area (Å²) in [5.41, 5.74) is 2.42. The van der Waals surface area contributed by atoms with Gasteiger partial charge in [-0.15, -0.1) is 10.2 Å². The number of amides is 1. The van der Waals surface area contributed by atoms with Gasteiger partial charge >= 0.3 is 0 Å². The Morgan fingerprint density at radius 1 is 1.09 bits per heavy atom. The summed E-state index contributed by atoms with van der Waals surface area (Å²) in [6.45, 7) is 2.37. The fraction of sp³-hybridized carbons (Fsp3) is 0.130. The predicted octanol–water partition coefficient (Wildman–Crippen LogP) is 5.81. The topological polar surface area (TPSA) is 72.7 Å². The Hall–Kier alpha value is -2.87. The van der Waals surface area contributed by atoms with E-state index in [4.69, 9.17) is 23.2 Å². The Morgan fingerprint density at radius 2 is 1.91 bits per heavy atom. The molecule has 6 nitrogen and oxygen atoms in total. The van der Waals surface area contributed by atoms with Crippen LogP contribution in [0.2, 0.25) is 10.0 Å². The molecule has 0 fully saturated rings. The monoisotopic (exact) mass is 483 g/mol. The second-order valence-corrected chi connectivity index (χ2v) is 9.14. The van der Waals surface area contributed by atoms with Gasteiger partial charge < -0.3 is 5.32 Å². The van der Waals surface area contributed by atoms with Crippen molar-refractivity contribution in [1.82, 2.24) is 19.7 Å². The Bertz CT molecular complexity index is 1220. The SMILES string of the molecule is CC(Sc1nnc(-c2cccnc2)n1Cc1ccccc1)C(=O)Nc1cc(Cl)ccc1Cl. The van der Waals surface area contributed by atoms with E-state index in [2.05, 4.69) is 20.5 Å². The van der Waals surface area contributed by atoms with E-state index < -0.39 is 5.25 Å². The zero-order chi connectivity index (χ0) is 22.5. The molecule has 0 bridgehead atoms. The average Bonchev–Trinajstić information content (AvgIpc) is 3.19. The van der Waals surface area contributed by atoms with Crippen molar-refractivity contribution in [3.05, 3.63) is 88.7 Å². The minimum atomic E-state index is -0.453. The number of anilines is 1. The molecule has 162 valence electrons. The molecule has 1 N–H and O–H groups in total. The van der Waals surface area contributed by atoms with Crippen LogP contribution in [0.25, 0.3) is 11.4 Å². The van der Waals surface area contributed by atoms with E-state index in [1.165, 1.54) is 11.8 Å². The number of nitrogens with one attached hydrogen (secondary N) is 1. The minimum absolute atomic E-state index is 0.212. The lowest BCUT2D eigenvalue weighted by molar-refractivity contribution is -0.115. The number of nitrogens with zero attached hydrogens (tertiary/aromatic N) is 4. The Labute approximate surface area is 200 Å². The molecular formula is C23H19Cl2N5OS. The summed E-state index contributed by atoms with van der Waals surface area (Å²) >= 11 is 13.5. The molecule has 0 radical (unpaired) electrons. The molecule has 0 saturated carbocycles. The number of carbonyl (C=O) groups excluding carboxylic acids is 1. The first kappa shape index (κ1) is 22.3. The number of aromatic nitrogens is 4. The molecule has 0 spiro atoms. The van der Waals surface area contributed by atoms with Crippen LogP contribution in [-0.2, 0) is 11.3 Å². The third-order valence-electron chi connectivity index (χ3n) is 4.66. The number of hydrogen-bond acceptors (Lipinski definition) is 5. The lowest BCUT2D eigenvalue weighted by atomic mass is 10.2. The van der Waals surface area contributed by atoms with Crippen molar-refractivity contribution in [3.8, 4) is 11.4 Å². The van der Waals surface area contributed by atoms with E-state index in [1.807, 2.05) is 54.0 Å². The van der Waals surface area contributed by atoms with E-state index in [0.717, 1.165) is 11.1 Å². The van der Waals surface area contributed by atoms with E-state index in [-0.39, 0.29) is 5.91 Å². The number of rotatable bonds is 7. The number of pyridine rings is 1. The maximum absolute atomic E-state index is 12.8. The van der Waals surface area contributed by atoms with Gasteiger partial charge in [-0.1, -0.05) is 65.3 Å². The van der Waals surface area contributed by atoms with E-state index in [1.54, 1.807) is 30.6 Å². The molecule has 2 aromatic carbocycles. The normalized spacial score (nSPS) is 11.8. The largest absolute Gasteiger partial charge is 0.324 e. The first-order valence-electron chi connectivity index (χ1n) is 9.81. The van der Waals surface area contributed by atoms with Crippen molar-refractivity contribution in [2.45, 2.75) is 23.9 Å². The summed E-state index contributed by atoms with van der Waals surface area (Å²) in [6, 6.07) is 18.8. The zero-order valence-electron chi connectivity index (χ0n) is 17.1. The number of hydrogen-bond donors (Lipinski definition) is 1. The van der Waals surface area contributed by atoms with Crippen molar-refractivity contribution < 1.29 is 4.79 Å². The maximum atomic E-state index is 12.8. The fourth-order valence-electron chi connectivity index (χ4n) is 3.03. The van der Waals surface area contributed by atoms with Crippen LogP contribution >= 0.6 is 35.0 Å². The van der Waals surface area contributed by atoms with Gasteiger partial charge in [0.05, 0.1) is 22.5 Å². The van der Waals surface area contributed by atoms with Gasteiger partial charge in [0.15, 0.2) is 11.0 Å². The molecule has 2 heterocycles. The first-order valence-corrected chi connectivity index (χ1v) is 11.4. The van der Waals surface area contributed by atoms with Crippen molar-refractivity contribution >= 4 is 46.6 Å². The second kappa shape index (κ2) is 10.2. The van der Waals surface area contributed by atoms with Gasteiger partial charge in [-0.25, -0.2) is 0 Å². The number of carbonyl (C=O) groups is 1. The number of halogens is 2. The first-order chi connectivity index (χ1) is 15.5. The second-order valence-electron chi connectivity index (χ2n) is 6.99. The van der Waals surface area contributed by atoms with Gasteiger partial charge in [0.1, 0.15) is 0 Å². The molecule has 32 heavy (non-hydrogen) atoms. The third-order valence-corrected chi connectivity index (χ3v) is 6.30. The molecule has 4 rings (SSSR count). The van der Waals surface area contributed by atoms with Crippen molar-refractivity contribution in [3.63, 3.8) is 0 Å². The molecule has 4 aromatic rings. The van der Waals surface area contributed by atoms with Gasteiger partial charge in [-0.3, -0.25) is 14.3 Å². The molecule has 1 unspecified atom stereocenters. The summed E-state index contributed by atoms with van der Waals surface area (Å²) in [5, 5.41) is 12.7. The fourth-order valence-corrected chi connectivity index (χ4v) is 4.22. The highest BCUT2D eigenvalue weighted by molar-refractivity contribution is 8.00. The standard InChI is InChI=1S/C23H19Cl2N5OS/c1-15(22(31)27-20-12-18(24)9-10-19(20)25)32-23-29-28-21(17-8-5-11-26-13-17)30(23)14-16-6-3-2-4-7-16/h2-13,15H,14H2,1H3,(H,27,31). The summed E-state index contributed by atoms with van der Waals surface area (Å²) < 4.78 is 1.99. The molecule has 2 aromatic heterocycles. The highest BCUT2D eigenvalue weighted by Crippen LogP contribution is 2.30. The van der Waals surface area contributed by atoms with E-state index >= 15 is 0 Å². The molecule has 0 aliphatic carbocycles. The summed E-state index contributed by atoms with van der Waals surface area (Å²) in [7, 11) is 0. The van der Waals surface area contributed by atoms with Crippen LogP contribution < -0.4 is 5.32 Å². The summed E-state index contributed by atoms with van der Waals surface area (Å²) in [5.74, 6) is 0.478. The zero-order valence-corrected chi connectivity index (χ0v) is 19.4. The van der Waals surface area contributed by atoms with Crippen LogP contribution in [0.3, 0.4) is 0 Å². The lowest BCUT2D eigenvalue weighted by Crippen LogP contribution is -2.23. The highest BCUT2D eigenvalue weighted by atomic mass is 35.5. The van der Waals surface area contributed by atoms with Crippen molar-refractivity contribution in [2.75, 3.05) is 5.32 Å². The third kappa shape index (κ3) is 5.30.